The van der Waals surface area contributed by atoms with Crippen molar-refractivity contribution in [3.05, 3.63) is 17.7 Å². The summed E-state index contributed by atoms with van der Waals surface area (Å²) in [6.07, 6.45) is 1.93. The Labute approximate surface area is 127 Å². The van der Waals surface area contributed by atoms with Crippen molar-refractivity contribution in [1.29, 1.82) is 0 Å². The van der Waals surface area contributed by atoms with E-state index in [9.17, 15) is 8.42 Å². The molecule has 2 N–H and O–H groups in total. The van der Waals surface area contributed by atoms with Crippen LogP contribution in [0.5, 0.6) is 5.75 Å². The van der Waals surface area contributed by atoms with E-state index >= 15 is 0 Å². The van der Waals surface area contributed by atoms with Crippen LogP contribution in [0.25, 0.3) is 0 Å². The lowest BCUT2D eigenvalue weighted by molar-refractivity contribution is 0.217. The van der Waals surface area contributed by atoms with E-state index in [4.69, 9.17) is 10.5 Å². The van der Waals surface area contributed by atoms with Crippen LogP contribution in [0.1, 0.15) is 32.3 Å². The normalized spacial score (nSPS) is 24.0. The van der Waals surface area contributed by atoms with Crippen molar-refractivity contribution in [1.82, 2.24) is 4.31 Å². The van der Waals surface area contributed by atoms with Gasteiger partial charge in [0.15, 0.2) is 0 Å². The molecule has 1 heterocycles. The highest BCUT2D eigenvalue weighted by molar-refractivity contribution is 7.89. The van der Waals surface area contributed by atoms with Gasteiger partial charge in [-0.05, 0) is 50.3 Å². The Morgan fingerprint density at radius 1 is 1.29 bits per heavy atom. The molecule has 1 aliphatic rings. The van der Waals surface area contributed by atoms with Crippen molar-refractivity contribution in [3.8, 4) is 5.75 Å². The van der Waals surface area contributed by atoms with Crippen molar-refractivity contribution >= 4 is 15.7 Å². The Morgan fingerprint density at radius 3 is 2.57 bits per heavy atom. The van der Waals surface area contributed by atoms with Gasteiger partial charge in [-0.25, -0.2) is 8.42 Å². The first-order valence-corrected chi connectivity index (χ1v) is 8.67. The molecule has 0 radical (unpaired) electrons. The highest BCUT2D eigenvalue weighted by Crippen LogP contribution is 2.34. The number of aryl methyl sites for hydroxylation is 1. The van der Waals surface area contributed by atoms with E-state index in [1.165, 1.54) is 13.2 Å². The molecular formula is C15H24N2O3S. The van der Waals surface area contributed by atoms with E-state index in [2.05, 4.69) is 6.92 Å². The predicted octanol–water partition coefficient (Wildman–Crippen LogP) is 2.39. The van der Waals surface area contributed by atoms with E-state index in [1.807, 2.05) is 13.8 Å². The van der Waals surface area contributed by atoms with Crippen LogP contribution in [-0.4, -0.2) is 32.4 Å². The lowest BCUT2D eigenvalue weighted by atomic mass is 9.97. The number of ether oxygens (including phenoxy) is 1. The number of rotatable bonds is 3. The smallest absolute Gasteiger partial charge is 0.247 e. The fourth-order valence-electron chi connectivity index (χ4n) is 2.75. The SMILES string of the molecule is COc1cc(C)c(N)cc1S(=O)(=O)N1CC(C)CCC1C. The molecule has 0 aromatic heterocycles. The third kappa shape index (κ3) is 3.01. The lowest BCUT2D eigenvalue weighted by Gasteiger charge is -2.36. The van der Waals surface area contributed by atoms with E-state index in [-0.39, 0.29) is 10.9 Å². The van der Waals surface area contributed by atoms with Crippen molar-refractivity contribution < 1.29 is 13.2 Å². The second kappa shape index (κ2) is 5.85. The number of benzene rings is 1. The zero-order valence-corrected chi connectivity index (χ0v) is 13.9. The molecule has 5 nitrogen and oxygen atoms in total. The highest BCUT2D eigenvalue weighted by Gasteiger charge is 2.35. The summed E-state index contributed by atoms with van der Waals surface area (Å²) in [7, 11) is -2.12. The van der Waals surface area contributed by atoms with Gasteiger partial charge in [0.2, 0.25) is 10.0 Å². The number of sulfonamides is 1. The molecule has 1 aromatic carbocycles. The summed E-state index contributed by atoms with van der Waals surface area (Å²) in [5.74, 6) is 0.719. The first-order chi connectivity index (χ1) is 9.77. The minimum atomic E-state index is -3.60. The molecule has 2 atom stereocenters. The quantitative estimate of drug-likeness (QED) is 0.870. The molecule has 0 saturated carbocycles. The van der Waals surface area contributed by atoms with Gasteiger partial charge >= 0.3 is 0 Å². The minimum Gasteiger partial charge on any atom is -0.495 e. The fourth-order valence-corrected chi connectivity index (χ4v) is 4.70. The Balaban J connectivity index is 2.50. The summed E-state index contributed by atoms with van der Waals surface area (Å²) in [4.78, 5) is 0.161. The number of nitrogens with zero attached hydrogens (tertiary/aromatic N) is 1. The monoisotopic (exact) mass is 312 g/mol. The Kier molecular flexibility index (Phi) is 4.49. The summed E-state index contributed by atoms with van der Waals surface area (Å²) in [5.41, 5.74) is 7.17. The molecule has 0 bridgehead atoms. The van der Waals surface area contributed by atoms with Crippen molar-refractivity contribution in [2.75, 3.05) is 19.4 Å². The molecular weight excluding hydrogens is 288 g/mol. The highest BCUT2D eigenvalue weighted by atomic mass is 32.2. The number of nitrogen functional groups attached to an aromatic ring is 1. The molecule has 1 saturated heterocycles. The summed E-state index contributed by atoms with van der Waals surface area (Å²) in [6, 6.07) is 3.19. The second-order valence-corrected chi connectivity index (χ2v) is 7.82. The molecule has 0 aliphatic carbocycles. The number of methoxy groups -OCH3 is 1. The number of nitrogens with two attached hydrogens (primary N) is 1. The lowest BCUT2D eigenvalue weighted by Crippen LogP contribution is -2.44. The maximum atomic E-state index is 13.0. The Hall–Kier alpha value is -1.27. The van der Waals surface area contributed by atoms with Gasteiger partial charge in [0.1, 0.15) is 10.6 Å². The van der Waals surface area contributed by atoms with Crippen molar-refractivity contribution in [2.24, 2.45) is 5.92 Å². The fraction of sp³-hybridized carbons (Fsp3) is 0.600. The van der Waals surface area contributed by atoms with Crippen LogP contribution in [0.2, 0.25) is 0 Å². The van der Waals surface area contributed by atoms with Gasteiger partial charge in [0, 0.05) is 18.3 Å². The molecule has 0 spiro atoms. The van der Waals surface area contributed by atoms with E-state index in [1.54, 1.807) is 10.4 Å². The van der Waals surface area contributed by atoms with Gasteiger partial charge in [0.25, 0.3) is 0 Å². The van der Waals surface area contributed by atoms with Crippen molar-refractivity contribution in [3.63, 3.8) is 0 Å². The summed E-state index contributed by atoms with van der Waals surface area (Å²) < 4.78 is 32.8. The average molecular weight is 312 g/mol. The van der Waals surface area contributed by atoms with Crippen LogP contribution in [0, 0.1) is 12.8 Å². The predicted molar refractivity (Wildman–Crippen MR) is 83.9 cm³/mol. The molecule has 2 unspecified atom stereocenters. The Bertz CT molecular complexity index is 628. The average Bonchev–Trinajstić information content (AvgIpc) is 2.43. The van der Waals surface area contributed by atoms with E-state index in [0.717, 1.165) is 18.4 Å². The maximum absolute atomic E-state index is 13.0. The third-order valence-electron chi connectivity index (χ3n) is 4.20. The van der Waals surface area contributed by atoms with E-state index in [0.29, 0.717) is 23.9 Å². The zero-order valence-electron chi connectivity index (χ0n) is 13.1. The summed E-state index contributed by atoms with van der Waals surface area (Å²) in [6.45, 7) is 6.41. The molecule has 1 fully saturated rings. The van der Waals surface area contributed by atoms with Gasteiger partial charge in [-0.15, -0.1) is 0 Å². The number of hydrogen-bond donors (Lipinski definition) is 1. The molecule has 21 heavy (non-hydrogen) atoms. The van der Waals surface area contributed by atoms with Crippen LogP contribution in [0.3, 0.4) is 0 Å². The molecule has 2 rings (SSSR count). The second-order valence-electron chi connectivity index (χ2n) is 5.97. The number of hydrogen-bond acceptors (Lipinski definition) is 4. The largest absolute Gasteiger partial charge is 0.495 e. The van der Waals surface area contributed by atoms with Gasteiger partial charge in [-0.1, -0.05) is 6.92 Å². The number of piperidine rings is 1. The summed E-state index contributed by atoms with van der Waals surface area (Å²) in [5, 5.41) is 0. The van der Waals surface area contributed by atoms with E-state index < -0.39 is 10.0 Å². The summed E-state index contributed by atoms with van der Waals surface area (Å²) >= 11 is 0. The molecule has 1 aliphatic heterocycles. The van der Waals surface area contributed by atoms with Crippen LogP contribution in [0.4, 0.5) is 5.69 Å². The number of anilines is 1. The van der Waals surface area contributed by atoms with Gasteiger partial charge in [-0.3, -0.25) is 0 Å². The first-order valence-electron chi connectivity index (χ1n) is 7.23. The molecule has 1 aromatic rings. The van der Waals surface area contributed by atoms with Crippen molar-refractivity contribution in [2.45, 2.75) is 44.6 Å². The standard InChI is InChI=1S/C15H24N2O3S/c1-10-5-6-12(3)17(9-10)21(18,19)15-8-13(16)11(2)7-14(15)20-4/h7-8,10,12H,5-6,9,16H2,1-4H3. The minimum absolute atomic E-state index is 0.00145. The maximum Gasteiger partial charge on any atom is 0.247 e. The van der Waals surface area contributed by atoms with Gasteiger partial charge in [-0.2, -0.15) is 4.31 Å². The Morgan fingerprint density at radius 2 is 1.95 bits per heavy atom. The van der Waals surface area contributed by atoms with Gasteiger partial charge in [0.05, 0.1) is 7.11 Å². The molecule has 118 valence electrons. The van der Waals surface area contributed by atoms with Crippen LogP contribution in [0.15, 0.2) is 17.0 Å². The van der Waals surface area contributed by atoms with Gasteiger partial charge < -0.3 is 10.5 Å². The van der Waals surface area contributed by atoms with Crippen LogP contribution >= 0.6 is 0 Å². The molecule has 6 heteroatoms. The van der Waals surface area contributed by atoms with Crippen LogP contribution in [-0.2, 0) is 10.0 Å². The van der Waals surface area contributed by atoms with Crippen LogP contribution < -0.4 is 10.5 Å². The third-order valence-corrected chi connectivity index (χ3v) is 6.20. The zero-order chi connectivity index (χ0) is 15.8. The topological polar surface area (TPSA) is 72.6 Å². The first kappa shape index (κ1) is 16.1. The molecule has 0 amide bonds.